The van der Waals surface area contributed by atoms with E-state index in [9.17, 15) is 0 Å². The SMILES string of the molecule is COc1nc(C)ccc1C(N)C1CCCC1. The van der Waals surface area contributed by atoms with Crippen molar-refractivity contribution in [1.29, 1.82) is 0 Å². The van der Waals surface area contributed by atoms with E-state index in [4.69, 9.17) is 10.5 Å². The van der Waals surface area contributed by atoms with Crippen molar-refractivity contribution in [3.05, 3.63) is 23.4 Å². The Labute approximate surface area is 97.0 Å². The maximum Gasteiger partial charge on any atom is 0.218 e. The number of nitrogens with two attached hydrogens (primary N) is 1. The first kappa shape index (κ1) is 11.4. The summed E-state index contributed by atoms with van der Waals surface area (Å²) in [7, 11) is 1.66. The zero-order chi connectivity index (χ0) is 11.5. The summed E-state index contributed by atoms with van der Waals surface area (Å²) in [5, 5.41) is 0. The van der Waals surface area contributed by atoms with Crippen molar-refractivity contribution in [2.24, 2.45) is 11.7 Å². The van der Waals surface area contributed by atoms with Gasteiger partial charge in [0.2, 0.25) is 5.88 Å². The van der Waals surface area contributed by atoms with E-state index in [2.05, 4.69) is 11.1 Å². The standard InChI is InChI=1S/C13H20N2O/c1-9-7-8-11(13(15-9)16-2)12(14)10-5-3-4-6-10/h7-8,10,12H,3-6,14H2,1-2H3. The van der Waals surface area contributed by atoms with E-state index < -0.39 is 0 Å². The first-order valence-electron chi connectivity index (χ1n) is 5.99. The zero-order valence-corrected chi connectivity index (χ0v) is 10.1. The van der Waals surface area contributed by atoms with Crippen LogP contribution in [-0.2, 0) is 0 Å². The fraction of sp³-hybridized carbons (Fsp3) is 0.615. The second-order valence-corrected chi connectivity index (χ2v) is 4.62. The molecular weight excluding hydrogens is 200 g/mol. The molecule has 0 aliphatic heterocycles. The largest absolute Gasteiger partial charge is 0.481 e. The van der Waals surface area contributed by atoms with Gasteiger partial charge in [0.15, 0.2) is 0 Å². The molecule has 1 heterocycles. The number of methoxy groups -OCH3 is 1. The minimum absolute atomic E-state index is 0.0746. The van der Waals surface area contributed by atoms with Crippen LogP contribution < -0.4 is 10.5 Å². The smallest absolute Gasteiger partial charge is 0.218 e. The number of hydrogen-bond donors (Lipinski definition) is 1. The van der Waals surface area contributed by atoms with Crippen LogP contribution in [0.2, 0.25) is 0 Å². The summed E-state index contributed by atoms with van der Waals surface area (Å²) in [5.41, 5.74) is 8.33. The molecule has 1 unspecified atom stereocenters. The highest BCUT2D eigenvalue weighted by atomic mass is 16.5. The molecule has 1 aliphatic carbocycles. The van der Waals surface area contributed by atoms with E-state index in [1.807, 2.05) is 13.0 Å². The van der Waals surface area contributed by atoms with Crippen LogP contribution in [0.4, 0.5) is 0 Å². The van der Waals surface area contributed by atoms with E-state index in [0.29, 0.717) is 11.8 Å². The Bertz CT molecular complexity index is 359. The van der Waals surface area contributed by atoms with Crippen molar-refractivity contribution in [3.8, 4) is 5.88 Å². The van der Waals surface area contributed by atoms with Crippen LogP contribution in [0, 0.1) is 12.8 Å². The topological polar surface area (TPSA) is 48.1 Å². The van der Waals surface area contributed by atoms with Crippen molar-refractivity contribution in [3.63, 3.8) is 0 Å². The number of hydrogen-bond acceptors (Lipinski definition) is 3. The number of aromatic nitrogens is 1. The molecule has 1 aromatic rings. The van der Waals surface area contributed by atoms with Crippen LogP contribution in [0.5, 0.6) is 5.88 Å². The molecule has 0 bridgehead atoms. The Morgan fingerprint density at radius 1 is 1.38 bits per heavy atom. The van der Waals surface area contributed by atoms with Crippen molar-refractivity contribution < 1.29 is 4.74 Å². The molecule has 0 radical (unpaired) electrons. The molecule has 0 amide bonds. The van der Waals surface area contributed by atoms with Gasteiger partial charge in [0.05, 0.1) is 7.11 Å². The Morgan fingerprint density at radius 2 is 2.06 bits per heavy atom. The average Bonchev–Trinajstić information content (AvgIpc) is 2.81. The Hall–Kier alpha value is -1.09. The molecule has 1 fully saturated rings. The summed E-state index contributed by atoms with van der Waals surface area (Å²) in [5.74, 6) is 1.29. The van der Waals surface area contributed by atoms with Gasteiger partial charge in [0.1, 0.15) is 0 Å². The lowest BCUT2D eigenvalue weighted by Crippen LogP contribution is -2.20. The summed E-state index contributed by atoms with van der Waals surface area (Å²) < 4.78 is 5.32. The van der Waals surface area contributed by atoms with Crippen molar-refractivity contribution in [2.75, 3.05) is 7.11 Å². The maximum absolute atomic E-state index is 6.31. The molecule has 16 heavy (non-hydrogen) atoms. The van der Waals surface area contributed by atoms with E-state index in [0.717, 1.165) is 11.3 Å². The molecule has 1 saturated carbocycles. The third-order valence-corrected chi connectivity index (χ3v) is 3.49. The highest BCUT2D eigenvalue weighted by Crippen LogP contribution is 2.36. The summed E-state index contributed by atoms with van der Waals surface area (Å²) in [6.07, 6.45) is 5.08. The summed E-state index contributed by atoms with van der Waals surface area (Å²) in [4.78, 5) is 4.38. The minimum atomic E-state index is 0.0746. The van der Waals surface area contributed by atoms with E-state index in [1.54, 1.807) is 7.11 Å². The van der Waals surface area contributed by atoms with E-state index in [1.165, 1.54) is 25.7 Å². The van der Waals surface area contributed by atoms with Crippen LogP contribution in [-0.4, -0.2) is 12.1 Å². The second kappa shape index (κ2) is 4.83. The highest BCUT2D eigenvalue weighted by Gasteiger charge is 2.25. The number of aryl methyl sites for hydroxylation is 1. The lowest BCUT2D eigenvalue weighted by Gasteiger charge is -2.20. The fourth-order valence-corrected chi connectivity index (χ4v) is 2.53. The first-order chi connectivity index (χ1) is 7.72. The van der Waals surface area contributed by atoms with Gasteiger partial charge < -0.3 is 10.5 Å². The third kappa shape index (κ3) is 2.19. The number of ether oxygens (including phenoxy) is 1. The molecule has 88 valence electrons. The maximum atomic E-state index is 6.31. The second-order valence-electron chi connectivity index (χ2n) is 4.62. The Kier molecular flexibility index (Phi) is 3.44. The molecule has 0 spiro atoms. The van der Waals surface area contributed by atoms with Crippen LogP contribution in [0.3, 0.4) is 0 Å². The van der Waals surface area contributed by atoms with Gasteiger partial charge in [-0.15, -0.1) is 0 Å². The number of nitrogens with zero attached hydrogens (tertiary/aromatic N) is 1. The van der Waals surface area contributed by atoms with Crippen LogP contribution in [0.25, 0.3) is 0 Å². The van der Waals surface area contributed by atoms with Crippen LogP contribution in [0.15, 0.2) is 12.1 Å². The van der Waals surface area contributed by atoms with Gasteiger partial charge in [-0.3, -0.25) is 0 Å². The van der Waals surface area contributed by atoms with Gasteiger partial charge >= 0.3 is 0 Å². The zero-order valence-electron chi connectivity index (χ0n) is 10.1. The molecule has 0 aromatic carbocycles. The average molecular weight is 220 g/mol. The highest BCUT2D eigenvalue weighted by molar-refractivity contribution is 5.31. The predicted octanol–water partition coefficient (Wildman–Crippen LogP) is 2.59. The normalized spacial score (nSPS) is 18.7. The predicted molar refractivity (Wildman–Crippen MR) is 64.4 cm³/mol. The van der Waals surface area contributed by atoms with Crippen molar-refractivity contribution >= 4 is 0 Å². The van der Waals surface area contributed by atoms with Crippen molar-refractivity contribution in [2.45, 2.75) is 38.6 Å². The molecule has 1 atom stereocenters. The Balaban J connectivity index is 2.24. The van der Waals surface area contributed by atoms with Crippen LogP contribution in [0.1, 0.15) is 43.0 Å². The molecule has 2 N–H and O–H groups in total. The molecule has 1 aliphatic rings. The Morgan fingerprint density at radius 3 is 2.69 bits per heavy atom. The summed E-state index contributed by atoms with van der Waals surface area (Å²) in [6, 6.07) is 4.14. The van der Waals surface area contributed by atoms with Crippen LogP contribution >= 0.6 is 0 Å². The fourth-order valence-electron chi connectivity index (χ4n) is 2.53. The van der Waals surface area contributed by atoms with E-state index >= 15 is 0 Å². The molecular formula is C13H20N2O. The van der Waals surface area contributed by atoms with Gasteiger partial charge in [0.25, 0.3) is 0 Å². The molecule has 0 saturated heterocycles. The lowest BCUT2D eigenvalue weighted by atomic mass is 9.93. The van der Waals surface area contributed by atoms with Crippen molar-refractivity contribution in [1.82, 2.24) is 4.98 Å². The third-order valence-electron chi connectivity index (χ3n) is 3.49. The minimum Gasteiger partial charge on any atom is -0.481 e. The van der Waals surface area contributed by atoms with Gasteiger partial charge in [-0.2, -0.15) is 0 Å². The first-order valence-corrected chi connectivity index (χ1v) is 5.99. The van der Waals surface area contributed by atoms with Gasteiger partial charge in [0, 0.05) is 17.3 Å². The molecule has 1 aromatic heterocycles. The quantitative estimate of drug-likeness (QED) is 0.851. The molecule has 2 rings (SSSR count). The molecule has 3 heteroatoms. The number of rotatable bonds is 3. The van der Waals surface area contributed by atoms with Gasteiger partial charge in [-0.1, -0.05) is 18.9 Å². The summed E-state index contributed by atoms with van der Waals surface area (Å²) in [6.45, 7) is 1.97. The lowest BCUT2D eigenvalue weighted by molar-refractivity contribution is 0.370. The van der Waals surface area contributed by atoms with Gasteiger partial charge in [-0.05, 0) is 31.7 Å². The summed E-state index contributed by atoms with van der Waals surface area (Å²) >= 11 is 0. The van der Waals surface area contributed by atoms with E-state index in [-0.39, 0.29) is 6.04 Å². The van der Waals surface area contributed by atoms with Gasteiger partial charge in [-0.25, -0.2) is 4.98 Å². The molecule has 3 nitrogen and oxygen atoms in total. The number of pyridine rings is 1. The monoisotopic (exact) mass is 220 g/mol.